The first-order chi connectivity index (χ1) is 11.8. The molecule has 1 heterocycles. The number of rotatable bonds is 5. The number of hydrogen-bond donors (Lipinski definition) is 2. The lowest BCUT2D eigenvalue weighted by atomic mass is 9.59. The molecule has 0 saturated heterocycles. The van der Waals surface area contributed by atoms with Crippen molar-refractivity contribution in [1.29, 1.82) is 0 Å². The normalized spacial score (nSPS) is 24.6. The summed E-state index contributed by atoms with van der Waals surface area (Å²) in [6.07, 6.45) is 2.66. The van der Waals surface area contributed by atoms with Crippen molar-refractivity contribution in [3.05, 3.63) is 23.8 Å². The van der Waals surface area contributed by atoms with Gasteiger partial charge in [-0.1, -0.05) is 19.9 Å². The number of nitrogens with one attached hydrogen (secondary N) is 2. The molecule has 2 atom stereocenters. The number of amides is 1. The third kappa shape index (κ3) is 3.40. The fourth-order valence-corrected chi connectivity index (χ4v) is 5.20. The molecule has 1 aliphatic carbocycles. The monoisotopic (exact) mass is 366 g/mol. The highest BCUT2D eigenvalue weighted by Gasteiger charge is 2.49. The molecule has 2 unspecified atom stereocenters. The van der Waals surface area contributed by atoms with Gasteiger partial charge in [0.25, 0.3) is 10.0 Å². The molecule has 1 amide bonds. The van der Waals surface area contributed by atoms with Crippen LogP contribution < -0.4 is 10.0 Å². The van der Waals surface area contributed by atoms with Crippen LogP contribution in [0.2, 0.25) is 0 Å². The van der Waals surface area contributed by atoms with Crippen molar-refractivity contribution in [1.82, 2.24) is 4.72 Å². The van der Waals surface area contributed by atoms with Crippen LogP contribution in [0.5, 0.6) is 0 Å². The second kappa shape index (κ2) is 6.61. The van der Waals surface area contributed by atoms with E-state index in [0.29, 0.717) is 6.42 Å². The summed E-state index contributed by atoms with van der Waals surface area (Å²) in [5.41, 5.74) is 1.48. The van der Waals surface area contributed by atoms with E-state index in [2.05, 4.69) is 23.9 Å². The molecule has 1 aliphatic heterocycles. The molecular weight excluding hydrogens is 340 g/mol. The van der Waals surface area contributed by atoms with Gasteiger partial charge < -0.3 is 10.1 Å². The van der Waals surface area contributed by atoms with Crippen molar-refractivity contribution in [3.8, 4) is 0 Å². The van der Waals surface area contributed by atoms with Crippen molar-refractivity contribution in [3.63, 3.8) is 0 Å². The number of carbonyl (C=O) groups excluding carboxylic acids is 1. The van der Waals surface area contributed by atoms with Crippen LogP contribution in [0.4, 0.5) is 5.69 Å². The van der Waals surface area contributed by atoms with Crippen LogP contribution in [-0.4, -0.2) is 34.1 Å². The number of fused-ring (bicyclic) bond motifs is 1. The molecular formula is C18H26N2O4S. The Hall–Kier alpha value is -1.60. The molecule has 138 valence electrons. The van der Waals surface area contributed by atoms with E-state index in [1.807, 2.05) is 6.07 Å². The quantitative estimate of drug-likeness (QED) is 0.835. The van der Waals surface area contributed by atoms with Gasteiger partial charge in [-0.05, 0) is 48.3 Å². The summed E-state index contributed by atoms with van der Waals surface area (Å²) in [4.78, 5) is 12.5. The predicted molar refractivity (Wildman–Crippen MR) is 95.9 cm³/mol. The van der Waals surface area contributed by atoms with Crippen LogP contribution in [0.1, 0.15) is 38.7 Å². The molecule has 7 heteroatoms. The van der Waals surface area contributed by atoms with Crippen LogP contribution in [0.15, 0.2) is 23.1 Å². The van der Waals surface area contributed by atoms with E-state index < -0.39 is 15.9 Å². The smallest absolute Gasteiger partial charge is 0.264 e. The SMILES string of the molecule is COC1CC(CC(=O)NS(=O)(=O)c2cccc3c2CCCN3)C1(C)C. The zero-order chi connectivity index (χ0) is 18.2. The maximum Gasteiger partial charge on any atom is 0.264 e. The maximum absolute atomic E-state index is 12.7. The van der Waals surface area contributed by atoms with Crippen molar-refractivity contribution in [2.24, 2.45) is 11.3 Å². The van der Waals surface area contributed by atoms with Crippen molar-refractivity contribution < 1.29 is 17.9 Å². The average Bonchev–Trinajstić information content (AvgIpc) is 2.57. The number of benzene rings is 1. The molecule has 0 bridgehead atoms. The zero-order valence-electron chi connectivity index (χ0n) is 15.0. The third-order valence-corrected chi connectivity index (χ3v) is 7.14. The lowest BCUT2D eigenvalue weighted by Gasteiger charge is -2.51. The largest absolute Gasteiger partial charge is 0.385 e. The molecule has 25 heavy (non-hydrogen) atoms. The topological polar surface area (TPSA) is 84.5 Å². The van der Waals surface area contributed by atoms with Crippen molar-refractivity contribution in [2.75, 3.05) is 19.0 Å². The number of ether oxygens (including phenoxy) is 1. The van der Waals surface area contributed by atoms with E-state index in [4.69, 9.17) is 4.74 Å². The first-order valence-corrected chi connectivity index (χ1v) is 10.2. The Balaban J connectivity index is 1.71. The highest BCUT2D eigenvalue weighted by atomic mass is 32.2. The van der Waals surface area contributed by atoms with Crippen LogP contribution in [-0.2, 0) is 26.0 Å². The second-order valence-electron chi connectivity index (χ2n) is 7.52. The highest BCUT2D eigenvalue weighted by molar-refractivity contribution is 7.90. The summed E-state index contributed by atoms with van der Waals surface area (Å²) in [6.45, 7) is 4.94. The summed E-state index contributed by atoms with van der Waals surface area (Å²) >= 11 is 0. The first-order valence-electron chi connectivity index (χ1n) is 8.70. The van der Waals surface area contributed by atoms with Gasteiger partial charge in [-0.2, -0.15) is 0 Å². The standard InChI is InChI=1S/C18H26N2O4S/c1-18(2)12(10-16(18)24-3)11-17(21)20-25(22,23)15-8-4-7-14-13(15)6-5-9-19-14/h4,7-8,12,16,19H,5-6,9-11H2,1-3H3,(H,20,21). The van der Waals surface area contributed by atoms with E-state index in [9.17, 15) is 13.2 Å². The van der Waals surface area contributed by atoms with Crippen LogP contribution >= 0.6 is 0 Å². The second-order valence-corrected chi connectivity index (χ2v) is 9.17. The summed E-state index contributed by atoms with van der Waals surface area (Å²) in [5.74, 6) is -0.326. The highest BCUT2D eigenvalue weighted by Crippen LogP contribution is 2.49. The number of anilines is 1. The lowest BCUT2D eigenvalue weighted by molar-refractivity contribution is -0.139. The molecule has 0 aromatic heterocycles. The summed E-state index contributed by atoms with van der Waals surface area (Å²) in [7, 11) is -2.19. The van der Waals surface area contributed by atoms with E-state index in [0.717, 1.165) is 30.6 Å². The molecule has 2 N–H and O–H groups in total. The molecule has 1 aromatic rings. The number of hydrogen-bond acceptors (Lipinski definition) is 5. The van der Waals surface area contributed by atoms with E-state index in [1.54, 1.807) is 19.2 Å². The molecule has 3 rings (SSSR count). The van der Waals surface area contributed by atoms with Gasteiger partial charge in [0.15, 0.2) is 0 Å². The molecule has 1 fully saturated rings. The minimum atomic E-state index is -3.86. The fraction of sp³-hybridized carbons (Fsp3) is 0.611. The molecule has 2 aliphatic rings. The summed E-state index contributed by atoms with van der Waals surface area (Å²) < 4.78 is 33.0. The molecule has 1 aromatic carbocycles. The Morgan fingerprint density at radius 1 is 1.40 bits per heavy atom. The van der Waals surface area contributed by atoms with E-state index in [1.165, 1.54) is 0 Å². The van der Waals surface area contributed by atoms with Crippen LogP contribution in [0.25, 0.3) is 0 Å². The lowest BCUT2D eigenvalue weighted by Crippen LogP contribution is -2.51. The van der Waals surface area contributed by atoms with Gasteiger partial charge in [0.05, 0.1) is 11.0 Å². The number of sulfonamides is 1. The molecule has 1 saturated carbocycles. The van der Waals surface area contributed by atoms with E-state index in [-0.39, 0.29) is 28.8 Å². The first kappa shape index (κ1) is 18.2. The third-order valence-electron chi connectivity index (χ3n) is 5.69. The van der Waals surface area contributed by atoms with Gasteiger partial charge >= 0.3 is 0 Å². The molecule has 0 radical (unpaired) electrons. The van der Waals surface area contributed by atoms with E-state index >= 15 is 0 Å². The minimum Gasteiger partial charge on any atom is -0.385 e. The zero-order valence-corrected chi connectivity index (χ0v) is 15.8. The fourth-order valence-electron chi connectivity index (χ4n) is 3.91. The Bertz CT molecular complexity index is 773. The van der Waals surface area contributed by atoms with Gasteiger partial charge in [0.1, 0.15) is 0 Å². The summed E-state index contributed by atoms with van der Waals surface area (Å²) in [6, 6.07) is 5.14. The molecule has 6 nitrogen and oxygen atoms in total. The average molecular weight is 366 g/mol. The Kier molecular flexibility index (Phi) is 4.81. The van der Waals surface area contributed by atoms with Gasteiger partial charge in [-0.15, -0.1) is 0 Å². The number of methoxy groups -OCH3 is 1. The van der Waals surface area contributed by atoms with Gasteiger partial charge in [0, 0.05) is 25.8 Å². The predicted octanol–water partition coefficient (Wildman–Crippen LogP) is 2.30. The Morgan fingerprint density at radius 2 is 2.16 bits per heavy atom. The number of carbonyl (C=O) groups is 1. The van der Waals surface area contributed by atoms with Crippen LogP contribution in [0.3, 0.4) is 0 Å². The Morgan fingerprint density at radius 3 is 2.84 bits per heavy atom. The molecule has 0 spiro atoms. The van der Waals surface area contributed by atoms with Crippen molar-refractivity contribution >= 4 is 21.6 Å². The Labute approximate surface area is 149 Å². The minimum absolute atomic E-state index is 0.119. The maximum atomic E-state index is 12.7. The van der Waals surface area contributed by atoms with Crippen molar-refractivity contribution in [2.45, 2.75) is 50.5 Å². The van der Waals surface area contributed by atoms with Gasteiger partial charge in [0.2, 0.25) is 5.91 Å². The van der Waals surface area contributed by atoms with Gasteiger partial charge in [-0.3, -0.25) is 4.79 Å². The summed E-state index contributed by atoms with van der Waals surface area (Å²) in [5, 5.41) is 3.21. The van der Waals surface area contributed by atoms with Crippen LogP contribution in [0, 0.1) is 11.3 Å². The van der Waals surface area contributed by atoms with Gasteiger partial charge in [-0.25, -0.2) is 13.1 Å².